The summed E-state index contributed by atoms with van der Waals surface area (Å²) in [6.45, 7) is 6.84. The molecule has 0 aliphatic carbocycles. The summed E-state index contributed by atoms with van der Waals surface area (Å²) in [6, 6.07) is 2.07. The number of halogens is 2. The maximum atomic E-state index is 14.5. The van der Waals surface area contributed by atoms with Gasteiger partial charge >= 0.3 is 0 Å². The fourth-order valence-corrected chi connectivity index (χ4v) is 5.37. The average Bonchev–Trinajstić information content (AvgIpc) is 2.66. The second-order valence-corrected chi connectivity index (χ2v) is 9.07. The Kier molecular flexibility index (Phi) is 7.69. The van der Waals surface area contributed by atoms with Gasteiger partial charge in [0.25, 0.3) is 0 Å². The van der Waals surface area contributed by atoms with E-state index in [1.807, 2.05) is 6.92 Å². The summed E-state index contributed by atoms with van der Waals surface area (Å²) >= 11 is 0. The normalized spacial score (nSPS) is 21.8. The molecule has 0 radical (unpaired) electrons. The molecular formula is C21H27F2NO3S. The Balaban J connectivity index is 2.34. The van der Waals surface area contributed by atoms with Crippen LogP contribution in [-0.2, 0) is 16.6 Å². The molecule has 7 heteroatoms. The van der Waals surface area contributed by atoms with Crippen LogP contribution >= 0.6 is 0 Å². The molecule has 1 saturated heterocycles. The molecule has 1 fully saturated rings. The Bertz CT molecular complexity index is 878. The number of aliphatic hydroxyl groups excluding tert-OH is 1. The molecule has 2 rings (SSSR count). The molecule has 1 aliphatic rings. The largest absolute Gasteiger partial charge is 0.396 e. The number of nitrogens with zero attached hydrogens (tertiary/aromatic N) is 1. The lowest BCUT2D eigenvalue weighted by Gasteiger charge is -2.33. The highest BCUT2D eigenvalue weighted by atomic mass is 32.2. The predicted molar refractivity (Wildman–Crippen MR) is 107 cm³/mol. The van der Waals surface area contributed by atoms with Gasteiger partial charge in [-0.3, -0.25) is 0 Å². The van der Waals surface area contributed by atoms with Gasteiger partial charge in [-0.05, 0) is 43.0 Å². The molecule has 1 aromatic carbocycles. The molecule has 1 heterocycles. The number of allylic oxidation sites excluding steroid dienone is 4. The third-order valence-corrected chi connectivity index (χ3v) is 7.26. The first-order valence-electron chi connectivity index (χ1n) is 9.29. The smallest absolute Gasteiger partial charge is 0.221 e. The Morgan fingerprint density at radius 3 is 2.71 bits per heavy atom. The average molecular weight is 412 g/mol. The van der Waals surface area contributed by atoms with E-state index in [0.29, 0.717) is 18.4 Å². The van der Waals surface area contributed by atoms with E-state index >= 15 is 0 Å². The molecule has 1 N–H and O–H groups in total. The monoisotopic (exact) mass is 411 g/mol. The van der Waals surface area contributed by atoms with E-state index in [-0.39, 0.29) is 30.8 Å². The van der Waals surface area contributed by atoms with E-state index in [1.165, 1.54) is 10.4 Å². The van der Waals surface area contributed by atoms with Crippen molar-refractivity contribution in [3.63, 3.8) is 0 Å². The van der Waals surface area contributed by atoms with Crippen LogP contribution in [0.5, 0.6) is 0 Å². The third-order valence-electron chi connectivity index (χ3n) is 5.00. The highest BCUT2D eigenvalue weighted by molar-refractivity contribution is 7.90. The third kappa shape index (κ3) is 4.77. The van der Waals surface area contributed by atoms with Crippen molar-refractivity contribution in [2.75, 3.05) is 13.2 Å². The molecule has 2 atom stereocenters. The summed E-state index contributed by atoms with van der Waals surface area (Å²) in [5.41, 5.74) is 0.640. The fraction of sp³-hybridized carbons (Fsp3) is 0.429. The van der Waals surface area contributed by atoms with Gasteiger partial charge < -0.3 is 5.11 Å². The summed E-state index contributed by atoms with van der Waals surface area (Å²) in [4.78, 5) is 0. The van der Waals surface area contributed by atoms with Gasteiger partial charge in [0.2, 0.25) is 10.0 Å². The zero-order valence-corrected chi connectivity index (χ0v) is 17.1. The van der Waals surface area contributed by atoms with E-state index < -0.39 is 32.8 Å². The minimum Gasteiger partial charge on any atom is -0.396 e. The molecular weight excluding hydrogens is 384 g/mol. The summed E-state index contributed by atoms with van der Waals surface area (Å²) in [5, 5.41) is 8.42. The number of hydrogen-bond donors (Lipinski definition) is 1. The van der Waals surface area contributed by atoms with Crippen LogP contribution in [0.25, 0.3) is 0 Å². The van der Waals surface area contributed by atoms with Crippen molar-refractivity contribution < 1.29 is 22.3 Å². The van der Waals surface area contributed by atoms with Crippen LogP contribution in [0.1, 0.15) is 43.7 Å². The summed E-state index contributed by atoms with van der Waals surface area (Å²) in [7, 11) is -3.73. The minimum absolute atomic E-state index is 0.0202. The van der Waals surface area contributed by atoms with Crippen LogP contribution in [0.3, 0.4) is 0 Å². The lowest BCUT2D eigenvalue weighted by atomic mass is 9.99. The molecule has 154 valence electrons. The van der Waals surface area contributed by atoms with Crippen LogP contribution in [0.15, 0.2) is 48.6 Å². The first kappa shape index (κ1) is 22.5. The van der Waals surface area contributed by atoms with Gasteiger partial charge in [-0.2, -0.15) is 4.31 Å². The SMILES string of the molecule is C=C/C(=C\C=C/C)[C@H]1CCCN(Cc2cc(F)c(C(C)CO)cc2F)S1(=O)=O. The van der Waals surface area contributed by atoms with Gasteiger partial charge in [-0.15, -0.1) is 0 Å². The van der Waals surface area contributed by atoms with Crippen LogP contribution in [0.2, 0.25) is 0 Å². The molecule has 4 nitrogen and oxygen atoms in total. The van der Waals surface area contributed by atoms with Crippen LogP contribution in [0.4, 0.5) is 8.78 Å². The van der Waals surface area contributed by atoms with Crippen molar-refractivity contribution in [1.29, 1.82) is 0 Å². The molecule has 28 heavy (non-hydrogen) atoms. The van der Waals surface area contributed by atoms with Gasteiger partial charge in [-0.25, -0.2) is 17.2 Å². The van der Waals surface area contributed by atoms with Crippen molar-refractivity contribution in [2.24, 2.45) is 0 Å². The van der Waals surface area contributed by atoms with Gasteiger partial charge in [0.1, 0.15) is 16.9 Å². The van der Waals surface area contributed by atoms with Crippen LogP contribution in [-0.4, -0.2) is 36.2 Å². The van der Waals surface area contributed by atoms with Gasteiger partial charge in [0.15, 0.2) is 0 Å². The Labute approximate surface area is 165 Å². The lowest BCUT2D eigenvalue weighted by Crippen LogP contribution is -2.44. The fourth-order valence-electron chi connectivity index (χ4n) is 3.32. The highest BCUT2D eigenvalue weighted by Gasteiger charge is 2.37. The highest BCUT2D eigenvalue weighted by Crippen LogP contribution is 2.30. The van der Waals surface area contributed by atoms with Crippen molar-refractivity contribution in [1.82, 2.24) is 4.31 Å². The number of rotatable bonds is 7. The van der Waals surface area contributed by atoms with Gasteiger partial charge in [0.05, 0.1) is 0 Å². The van der Waals surface area contributed by atoms with Crippen molar-refractivity contribution in [3.05, 3.63) is 71.4 Å². The topological polar surface area (TPSA) is 57.6 Å². The minimum atomic E-state index is -3.73. The number of benzene rings is 1. The van der Waals surface area contributed by atoms with Crippen LogP contribution < -0.4 is 0 Å². The standard InChI is InChI=1S/C21H27F2NO3S/c1-4-6-8-16(5-2)21-9-7-10-24(28(21,26)27)13-17-11-20(23)18(12-19(17)22)15(3)14-25/h4-6,8,11-12,15,21,25H,2,7,9-10,13-14H2,1,3H3/b6-4-,16-8+/t15?,21-/m1/s1. The summed E-state index contributed by atoms with van der Waals surface area (Å²) in [6.07, 6.45) is 7.86. The molecule has 1 aromatic rings. The van der Waals surface area contributed by atoms with Crippen molar-refractivity contribution >= 4 is 10.0 Å². The zero-order valence-electron chi connectivity index (χ0n) is 16.2. The Morgan fingerprint density at radius 1 is 1.39 bits per heavy atom. The van der Waals surface area contributed by atoms with E-state index in [2.05, 4.69) is 6.58 Å². The van der Waals surface area contributed by atoms with Gasteiger partial charge in [0, 0.05) is 31.2 Å². The number of hydrogen-bond acceptors (Lipinski definition) is 3. The molecule has 0 saturated carbocycles. The molecule has 0 amide bonds. The second kappa shape index (κ2) is 9.58. The first-order chi connectivity index (χ1) is 13.3. The van der Waals surface area contributed by atoms with E-state index in [4.69, 9.17) is 0 Å². The predicted octanol–water partition coefficient (Wildman–Crippen LogP) is 4.04. The van der Waals surface area contributed by atoms with Crippen molar-refractivity contribution in [3.8, 4) is 0 Å². The maximum absolute atomic E-state index is 14.5. The molecule has 1 aliphatic heterocycles. The van der Waals surface area contributed by atoms with Gasteiger partial charge in [-0.1, -0.05) is 37.8 Å². The van der Waals surface area contributed by atoms with Crippen LogP contribution in [0, 0.1) is 11.6 Å². The molecule has 0 aromatic heterocycles. The quantitative estimate of drug-likeness (QED) is 0.689. The second-order valence-electron chi connectivity index (χ2n) is 6.95. The van der Waals surface area contributed by atoms with Crippen molar-refractivity contribution in [2.45, 2.75) is 44.4 Å². The van der Waals surface area contributed by atoms with E-state index in [1.54, 1.807) is 25.2 Å². The Morgan fingerprint density at radius 2 is 2.11 bits per heavy atom. The Hall–Kier alpha value is -1.83. The van der Waals surface area contributed by atoms with E-state index in [9.17, 15) is 22.3 Å². The zero-order chi connectivity index (χ0) is 20.9. The summed E-state index contributed by atoms with van der Waals surface area (Å²) < 4.78 is 56.2. The lowest BCUT2D eigenvalue weighted by molar-refractivity contribution is 0.270. The molecule has 1 unspecified atom stereocenters. The molecule has 0 spiro atoms. The maximum Gasteiger partial charge on any atom is 0.221 e. The first-order valence-corrected chi connectivity index (χ1v) is 10.8. The van der Waals surface area contributed by atoms with E-state index in [0.717, 1.165) is 12.1 Å². The number of sulfonamides is 1. The summed E-state index contributed by atoms with van der Waals surface area (Å²) in [5.74, 6) is -1.87. The molecule has 0 bridgehead atoms. The number of aliphatic hydroxyl groups is 1.